The first-order chi connectivity index (χ1) is 12.7. The van der Waals surface area contributed by atoms with Gasteiger partial charge in [0.1, 0.15) is 11.5 Å². The topological polar surface area (TPSA) is 76.2 Å². The lowest BCUT2D eigenvalue weighted by Crippen LogP contribution is -2.23. The Morgan fingerprint density at radius 2 is 1.88 bits per heavy atom. The lowest BCUT2D eigenvalue weighted by Gasteiger charge is -2.25. The van der Waals surface area contributed by atoms with E-state index >= 15 is 0 Å². The molecule has 1 amide bonds. The number of nitrogens with zero attached hydrogens (tertiary/aromatic N) is 1. The minimum atomic E-state index is -0.183. The highest BCUT2D eigenvalue weighted by Gasteiger charge is 2.33. The fraction of sp³-hybridized carbons (Fsp3) is 0.200. The first kappa shape index (κ1) is 16.2. The van der Waals surface area contributed by atoms with Gasteiger partial charge in [0.25, 0.3) is 0 Å². The number of hydrogen-bond acceptors (Lipinski definition) is 4. The highest BCUT2D eigenvalue weighted by molar-refractivity contribution is 5.96. The molecule has 1 aliphatic rings. The molecule has 26 heavy (non-hydrogen) atoms. The number of nitrogens with one attached hydrogen (secondary N) is 2. The van der Waals surface area contributed by atoms with E-state index < -0.39 is 0 Å². The van der Waals surface area contributed by atoms with Gasteiger partial charge in [-0.1, -0.05) is 30.3 Å². The maximum atomic E-state index is 12.3. The van der Waals surface area contributed by atoms with Crippen LogP contribution in [0.5, 0.6) is 11.5 Å². The number of carbonyl (C=O) groups excluding carboxylic acids is 1. The van der Waals surface area contributed by atoms with Crippen molar-refractivity contribution in [3.63, 3.8) is 0 Å². The van der Waals surface area contributed by atoms with Crippen molar-refractivity contribution >= 4 is 11.7 Å². The van der Waals surface area contributed by atoms with Crippen LogP contribution in [0.2, 0.25) is 0 Å². The van der Waals surface area contributed by atoms with Gasteiger partial charge in [0, 0.05) is 23.5 Å². The van der Waals surface area contributed by atoms with E-state index in [0.29, 0.717) is 12.2 Å². The number of anilines is 1. The molecule has 0 unspecified atom stereocenters. The molecule has 0 radical (unpaired) electrons. The van der Waals surface area contributed by atoms with Crippen LogP contribution in [0, 0.1) is 0 Å². The van der Waals surface area contributed by atoms with E-state index in [0.717, 1.165) is 33.9 Å². The van der Waals surface area contributed by atoms with Gasteiger partial charge in [-0.05, 0) is 23.8 Å². The Balaban J connectivity index is 1.90. The molecule has 0 saturated heterocycles. The molecule has 3 aromatic rings. The number of methoxy groups -OCH3 is 2. The van der Waals surface area contributed by atoms with Gasteiger partial charge in [0.2, 0.25) is 5.91 Å². The predicted octanol–water partition coefficient (Wildman–Crippen LogP) is 3.57. The van der Waals surface area contributed by atoms with Gasteiger partial charge < -0.3 is 14.8 Å². The van der Waals surface area contributed by atoms with Crippen molar-refractivity contribution in [3.8, 4) is 22.8 Å². The molecule has 0 bridgehead atoms. The Kier molecular flexibility index (Phi) is 4.08. The number of amides is 1. The molecule has 0 saturated carbocycles. The van der Waals surface area contributed by atoms with Crippen molar-refractivity contribution in [1.82, 2.24) is 10.2 Å². The zero-order valence-electron chi connectivity index (χ0n) is 14.6. The molecule has 4 rings (SSSR count). The molecule has 2 N–H and O–H groups in total. The summed E-state index contributed by atoms with van der Waals surface area (Å²) in [5, 5.41) is 10.3. The number of fused-ring (bicyclic) bond motifs is 1. The van der Waals surface area contributed by atoms with E-state index in [1.807, 2.05) is 48.5 Å². The van der Waals surface area contributed by atoms with Crippen LogP contribution >= 0.6 is 0 Å². The monoisotopic (exact) mass is 349 g/mol. The van der Waals surface area contributed by atoms with Gasteiger partial charge in [-0.25, -0.2) is 0 Å². The fourth-order valence-corrected chi connectivity index (χ4v) is 3.46. The zero-order valence-corrected chi connectivity index (χ0v) is 14.6. The third-order valence-electron chi connectivity index (χ3n) is 4.67. The molecule has 132 valence electrons. The van der Waals surface area contributed by atoms with Crippen LogP contribution in [0.15, 0.2) is 48.5 Å². The largest absolute Gasteiger partial charge is 0.497 e. The molecular weight excluding hydrogens is 330 g/mol. The first-order valence-corrected chi connectivity index (χ1v) is 8.36. The molecular formula is C20H19N3O3. The summed E-state index contributed by atoms with van der Waals surface area (Å²) in [5.74, 6) is 1.75. The van der Waals surface area contributed by atoms with E-state index in [-0.39, 0.29) is 11.8 Å². The van der Waals surface area contributed by atoms with Crippen molar-refractivity contribution in [2.75, 3.05) is 19.5 Å². The summed E-state index contributed by atoms with van der Waals surface area (Å²) in [5.41, 5.74) is 3.78. The fourth-order valence-electron chi connectivity index (χ4n) is 3.46. The maximum absolute atomic E-state index is 12.3. The molecule has 2 aromatic carbocycles. The number of ether oxygens (including phenoxy) is 2. The van der Waals surface area contributed by atoms with Gasteiger partial charge in [-0.15, -0.1) is 0 Å². The van der Waals surface area contributed by atoms with E-state index in [1.54, 1.807) is 14.2 Å². The van der Waals surface area contributed by atoms with Crippen molar-refractivity contribution in [2.24, 2.45) is 0 Å². The molecule has 0 spiro atoms. The molecule has 6 heteroatoms. The number of hydrogen-bond donors (Lipinski definition) is 2. The lowest BCUT2D eigenvalue weighted by molar-refractivity contribution is -0.116. The summed E-state index contributed by atoms with van der Waals surface area (Å²) in [4.78, 5) is 12.3. The standard InChI is InChI=1S/C20H19N3O3/c1-25-13-8-9-16(26-2)14(10-13)15-11-17(24)21-20-18(15)19(22-23-20)12-6-4-3-5-7-12/h3-10,15H,11H2,1-2H3,(H2,21,22,23,24)/t15-/m0/s1. The normalized spacial score (nSPS) is 15.9. The summed E-state index contributed by atoms with van der Waals surface area (Å²) in [6.07, 6.45) is 0.315. The number of carbonyl (C=O) groups is 1. The van der Waals surface area contributed by atoms with E-state index in [9.17, 15) is 4.79 Å². The average Bonchev–Trinajstić information content (AvgIpc) is 3.11. The number of aromatic nitrogens is 2. The SMILES string of the molecule is COc1ccc(OC)c([C@@H]2CC(=O)Nc3n[nH]c(-c4ccccc4)c32)c1. The summed E-state index contributed by atoms with van der Waals surface area (Å²) in [6, 6.07) is 15.6. The second-order valence-electron chi connectivity index (χ2n) is 6.14. The van der Waals surface area contributed by atoms with Crippen LogP contribution in [0.4, 0.5) is 5.82 Å². The van der Waals surface area contributed by atoms with Gasteiger partial charge >= 0.3 is 0 Å². The number of H-pyrrole nitrogens is 1. The minimum absolute atomic E-state index is 0.0708. The third kappa shape index (κ3) is 2.69. The van der Waals surface area contributed by atoms with Crippen LogP contribution in [0.1, 0.15) is 23.5 Å². The van der Waals surface area contributed by atoms with Crippen molar-refractivity contribution < 1.29 is 14.3 Å². The Morgan fingerprint density at radius 3 is 2.62 bits per heavy atom. The molecule has 1 atom stereocenters. The third-order valence-corrected chi connectivity index (χ3v) is 4.67. The Morgan fingerprint density at radius 1 is 1.08 bits per heavy atom. The highest BCUT2D eigenvalue weighted by atomic mass is 16.5. The highest BCUT2D eigenvalue weighted by Crippen LogP contribution is 2.45. The van der Waals surface area contributed by atoms with E-state index in [4.69, 9.17) is 9.47 Å². The Bertz CT molecular complexity index is 950. The number of rotatable bonds is 4. The van der Waals surface area contributed by atoms with E-state index in [1.165, 1.54) is 0 Å². The van der Waals surface area contributed by atoms with Crippen LogP contribution in [-0.4, -0.2) is 30.3 Å². The molecule has 2 heterocycles. The number of aromatic amines is 1. The molecule has 1 aliphatic heterocycles. The second kappa shape index (κ2) is 6.55. The van der Waals surface area contributed by atoms with Crippen LogP contribution in [0.3, 0.4) is 0 Å². The summed E-state index contributed by atoms with van der Waals surface area (Å²) in [6.45, 7) is 0. The minimum Gasteiger partial charge on any atom is -0.497 e. The summed E-state index contributed by atoms with van der Waals surface area (Å²) < 4.78 is 10.9. The van der Waals surface area contributed by atoms with Crippen molar-refractivity contribution in [1.29, 1.82) is 0 Å². The lowest BCUT2D eigenvalue weighted by atomic mass is 9.84. The van der Waals surface area contributed by atoms with Crippen LogP contribution in [-0.2, 0) is 4.79 Å². The zero-order chi connectivity index (χ0) is 18.1. The number of benzene rings is 2. The predicted molar refractivity (Wildman–Crippen MR) is 98.7 cm³/mol. The maximum Gasteiger partial charge on any atom is 0.226 e. The smallest absolute Gasteiger partial charge is 0.226 e. The molecule has 0 fully saturated rings. The first-order valence-electron chi connectivity index (χ1n) is 8.36. The van der Waals surface area contributed by atoms with Crippen LogP contribution < -0.4 is 14.8 Å². The quantitative estimate of drug-likeness (QED) is 0.755. The van der Waals surface area contributed by atoms with Crippen LogP contribution in [0.25, 0.3) is 11.3 Å². The molecule has 6 nitrogen and oxygen atoms in total. The van der Waals surface area contributed by atoms with Crippen molar-refractivity contribution in [3.05, 3.63) is 59.7 Å². The Hall–Kier alpha value is -3.28. The molecule has 1 aromatic heterocycles. The van der Waals surface area contributed by atoms with Gasteiger partial charge in [0.15, 0.2) is 5.82 Å². The second-order valence-corrected chi connectivity index (χ2v) is 6.14. The summed E-state index contributed by atoms with van der Waals surface area (Å²) in [7, 11) is 3.25. The van der Waals surface area contributed by atoms with E-state index in [2.05, 4.69) is 15.5 Å². The van der Waals surface area contributed by atoms with Gasteiger partial charge in [-0.2, -0.15) is 5.10 Å². The Labute approximate surface area is 151 Å². The summed E-state index contributed by atoms with van der Waals surface area (Å²) >= 11 is 0. The average molecular weight is 349 g/mol. The molecule has 0 aliphatic carbocycles. The van der Waals surface area contributed by atoms with Gasteiger partial charge in [0.05, 0.1) is 19.9 Å². The van der Waals surface area contributed by atoms with Gasteiger partial charge in [-0.3, -0.25) is 9.89 Å². The van der Waals surface area contributed by atoms with Crippen molar-refractivity contribution in [2.45, 2.75) is 12.3 Å².